The van der Waals surface area contributed by atoms with E-state index in [1.807, 2.05) is 18.2 Å². The van der Waals surface area contributed by atoms with Crippen LogP contribution in [-0.2, 0) is 9.53 Å². The number of ether oxygens (including phenoxy) is 1. The second kappa shape index (κ2) is 9.00. The first-order valence-electron chi connectivity index (χ1n) is 10.2. The molecule has 2 aromatic rings. The summed E-state index contributed by atoms with van der Waals surface area (Å²) in [4.78, 5) is 26.3. The molecular weight excluding hydrogens is 382 g/mol. The van der Waals surface area contributed by atoms with Crippen LogP contribution in [0.1, 0.15) is 30.7 Å². The minimum atomic E-state index is -0.664. The quantitative estimate of drug-likeness (QED) is 0.637. The van der Waals surface area contributed by atoms with E-state index in [4.69, 9.17) is 9.15 Å². The lowest BCUT2D eigenvalue weighted by Gasteiger charge is -2.30. The van der Waals surface area contributed by atoms with Crippen molar-refractivity contribution in [2.75, 3.05) is 26.2 Å². The fourth-order valence-electron chi connectivity index (χ4n) is 3.98. The van der Waals surface area contributed by atoms with Crippen LogP contribution in [0.15, 0.2) is 70.5 Å². The van der Waals surface area contributed by atoms with Gasteiger partial charge in [-0.1, -0.05) is 30.3 Å². The molecule has 0 bridgehead atoms. The van der Waals surface area contributed by atoms with Gasteiger partial charge in [0.25, 0.3) is 0 Å². The van der Waals surface area contributed by atoms with Crippen molar-refractivity contribution in [2.45, 2.75) is 19.4 Å². The third-order valence-electron chi connectivity index (χ3n) is 5.43. The molecule has 30 heavy (non-hydrogen) atoms. The number of esters is 1. The third kappa shape index (κ3) is 4.31. The average molecular weight is 408 g/mol. The molecular formula is C23H26N3O4+. The molecule has 2 aliphatic heterocycles. The molecule has 0 spiro atoms. The van der Waals surface area contributed by atoms with E-state index in [9.17, 15) is 9.59 Å². The van der Waals surface area contributed by atoms with Crippen LogP contribution in [0.3, 0.4) is 0 Å². The summed E-state index contributed by atoms with van der Waals surface area (Å²) in [5.41, 5.74) is 3.57. The molecule has 0 fully saturated rings. The van der Waals surface area contributed by atoms with Crippen molar-refractivity contribution < 1.29 is 23.6 Å². The van der Waals surface area contributed by atoms with Crippen molar-refractivity contribution in [1.29, 1.82) is 0 Å². The molecule has 7 nitrogen and oxygen atoms in total. The van der Waals surface area contributed by atoms with Crippen LogP contribution in [0.25, 0.3) is 5.57 Å². The molecule has 1 aromatic carbocycles. The smallest absolute Gasteiger partial charge is 0.338 e. The van der Waals surface area contributed by atoms with Gasteiger partial charge in [0.1, 0.15) is 18.3 Å². The van der Waals surface area contributed by atoms with Crippen LogP contribution in [-0.4, -0.2) is 38.2 Å². The molecule has 0 saturated heterocycles. The lowest BCUT2D eigenvalue weighted by atomic mass is 9.97. The van der Waals surface area contributed by atoms with Crippen molar-refractivity contribution in [2.24, 2.45) is 0 Å². The van der Waals surface area contributed by atoms with E-state index in [0.29, 0.717) is 23.6 Å². The predicted octanol–water partition coefficient (Wildman–Crippen LogP) is 1.82. The van der Waals surface area contributed by atoms with Crippen LogP contribution in [0, 0.1) is 0 Å². The molecule has 1 unspecified atom stereocenters. The number of hydrogen-bond donors (Lipinski definition) is 3. The Balaban J connectivity index is 1.58. The highest BCUT2D eigenvalue weighted by Gasteiger charge is 2.36. The summed E-state index contributed by atoms with van der Waals surface area (Å²) in [6.45, 7) is 4.28. The van der Waals surface area contributed by atoms with Gasteiger partial charge in [-0.3, -0.25) is 0 Å². The van der Waals surface area contributed by atoms with E-state index in [-0.39, 0.29) is 12.6 Å². The molecule has 4 rings (SSSR count). The minimum Gasteiger partial charge on any atom is -0.467 e. The Morgan fingerprint density at radius 2 is 2.07 bits per heavy atom. The number of carbonyl (C=O) groups excluding carboxylic acids is 2. The van der Waals surface area contributed by atoms with E-state index < -0.39 is 12.0 Å². The van der Waals surface area contributed by atoms with E-state index in [1.165, 1.54) is 22.3 Å². The zero-order chi connectivity index (χ0) is 20.9. The number of quaternary nitrogens is 1. The van der Waals surface area contributed by atoms with Crippen molar-refractivity contribution in [1.82, 2.24) is 10.6 Å². The number of rotatable bonds is 6. The average Bonchev–Trinajstić information content (AvgIpc) is 3.29. The van der Waals surface area contributed by atoms with Gasteiger partial charge in [0.2, 0.25) is 0 Å². The highest BCUT2D eigenvalue weighted by atomic mass is 16.5. The highest BCUT2D eigenvalue weighted by Crippen LogP contribution is 2.27. The molecule has 2 atom stereocenters. The summed E-state index contributed by atoms with van der Waals surface area (Å²) in [5, 5.41) is 5.61. The monoisotopic (exact) mass is 408 g/mol. The van der Waals surface area contributed by atoms with E-state index in [0.717, 1.165) is 19.5 Å². The first-order chi connectivity index (χ1) is 14.7. The SMILES string of the molecule is CCOC(=O)C1=C(C[NH+]2CC=C(c3ccccc3)CC2)NC(=O)N[C@H]1c1ccco1. The molecule has 0 saturated carbocycles. The summed E-state index contributed by atoms with van der Waals surface area (Å²) in [5.74, 6) is 0.0589. The summed E-state index contributed by atoms with van der Waals surface area (Å²) in [6, 6.07) is 12.8. The summed E-state index contributed by atoms with van der Waals surface area (Å²) < 4.78 is 10.8. The predicted molar refractivity (Wildman–Crippen MR) is 111 cm³/mol. The largest absolute Gasteiger partial charge is 0.467 e. The Kier molecular flexibility index (Phi) is 5.99. The number of nitrogens with one attached hydrogen (secondary N) is 3. The molecule has 0 aliphatic carbocycles. The minimum absolute atomic E-state index is 0.258. The van der Waals surface area contributed by atoms with Crippen molar-refractivity contribution in [3.63, 3.8) is 0 Å². The molecule has 3 heterocycles. The number of benzene rings is 1. The van der Waals surface area contributed by atoms with Gasteiger partial charge in [0.15, 0.2) is 0 Å². The van der Waals surface area contributed by atoms with Gasteiger partial charge in [-0.2, -0.15) is 0 Å². The van der Waals surface area contributed by atoms with Gasteiger partial charge in [-0.05, 0) is 36.3 Å². The standard InChI is InChI=1S/C23H25N3O4/c1-2-29-22(27)20-18(24-23(28)25-21(20)19-9-6-14-30-19)15-26-12-10-17(11-13-26)16-7-4-3-5-8-16/h3-10,14,21H,2,11-13,15H2,1H3,(H2,24,25,28)/p+1/t21-/m0/s1. The maximum atomic E-state index is 12.8. The molecule has 2 amide bonds. The van der Waals surface area contributed by atoms with Crippen molar-refractivity contribution in [3.05, 3.63) is 77.4 Å². The number of amides is 2. The van der Waals surface area contributed by atoms with Gasteiger partial charge in [-0.25, -0.2) is 9.59 Å². The first-order valence-corrected chi connectivity index (χ1v) is 10.2. The zero-order valence-electron chi connectivity index (χ0n) is 16.9. The lowest BCUT2D eigenvalue weighted by molar-refractivity contribution is -0.890. The zero-order valence-corrected chi connectivity index (χ0v) is 16.9. The Morgan fingerprint density at radius 3 is 2.73 bits per heavy atom. The number of furan rings is 1. The topological polar surface area (TPSA) is 85.0 Å². The van der Waals surface area contributed by atoms with E-state index >= 15 is 0 Å². The fourth-order valence-corrected chi connectivity index (χ4v) is 3.98. The molecule has 3 N–H and O–H groups in total. The lowest BCUT2D eigenvalue weighted by Crippen LogP contribution is -3.12. The summed E-state index contributed by atoms with van der Waals surface area (Å²) in [7, 11) is 0. The number of hydrogen-bond acceptors (Lipinski definition) is 4. The van der Waals surface area contributed by atoms with Gasteiger partial charge in [-0.15, -0.1) is 0 Å². The summed E-state index contributed by atoms with van der Waals surface area (Å²) in [6.07, 6.45) is 4.71. The maximum absolute atomic E-state index is 12.8. The Bertz CT molecular complexity index is 964. The van der Waals surface area contributed by atoms with Gasteiger partial charge >= 0.3 is 12.0 Å². The molecule has 2 aliphatic rings. The van der Waals surface area contributed by atoms with E-state index in [1.54, 1.807) is 19.1 Å². The van der Waals surface area contributed by atoms with Gasteiger partial charge < -0.3 is 24.7 Å². The maximum Gasteiger partial charge on any atom is 0.338 e. The number of urea groups is 1. The Hall–Kier alpha value is -3.32. The number of carbonyl (C=O) groups is 2. The Labute approximate surface area is 175 Å². The molecule has 156 valence electrons. The normalized spacial score (nSPS) is 21.5. The van der Waals surface area contributed by atoms with Crippen LogP contribution in [0.2, 0.25) is 0 Å². The van der Waals surface area contributed by atoms with Gasteiger partial charge in [0, 0.05) is 6.42 Å². The second-order valence-electron chi connectivity index (χ2n) is 7.39. The highest BCUT2D eigenvalue weighted by molar-refractivity contribution is 5.95. The molecule has 7 heteroatoms. The fraction of sp³-hybridized carbons (Fsp3) is 0.304. The summed E-state index contributed by atoms with van der Waals surface area (Å²) >= 11 is 0. The molecule has 0 radical (unpaired) electrons. The van der Waals surface area contributed by atoms with Crippen LogP contribution >= 0.6 is 0 Å². The Morgan fingerprint density at radius 1 is 1.23 bits per heavy atom. The van der Waals surface area contributed by atoms with Crippen LogP contribution in [0.5, 0.6) is 0 Å². The van der Waals surface area contributed by atoms with E-state index in [2.05, 4.69) is 28.8 Å². The molecule has 1 aromatic heterocycles. The van der Waals surface area contributed by atoms with Crippen molar-refractivity contribution in [3.8, 4) is 0 Å². The van der Waals surface area contributed by atoms with Crippen LogP contribution in [0.4, 0.5) is 4.79 Å². The first kappa shape index (κ1) is 20.0. The van der Waals surface area contributed by atoms with Crippen molar-refractivity contribution >= 4 is 17.6 Å². The second-order valence-corrected chi connectivity index (χ2v) is 7.39. The third-order valence-corrected chi connectivity index (χ3v) is 5.43. The van der Waals surface area contributed by atoms with Crippen LogP contribution < -0.4 is 15.5 Å². The van der Waals surface area contributed by atoms with Gasteiger partial charge in [0.05, 0.1) is 37.2 Å².